The minimum Gasteiger partial charge on any atom is -0.452 e. The Morgan fingerprint density at radius 1 is 1.17 bits per heavy atom. The molecule has 0 radical (unpaired) electrons. The number of carbonyl (C=O) groups excluding carboxylic acids is 1. The van der Waals surface area contributed by atoms with Gasteiger partial charge >= 0.3 is 6.09 Å². The number of methoxy groups -OCH3 is 1. The molecule has 0 fully saturated rings. The monoisotopic (exact) mass is 307 g/mol. The van der Waals surface area contributed by atoms with Crippen molar-refractivity contribution in [3.05, 3.63) is 77.9 Å². The van der Waals surface area contributed by atoms with Gasteiger partial charge in [0.15, 0.2) is 0 Å². The van der Waals surface area contributed by atoms with Crippen LogP contribution in [-0.2, 0) is 4.74 Å². The van der Waals surface area contributed by atoms with E-state index in [1.807, 2.05) is 48.6 Å². The molecule has 0 aliphatic rings. The fourth-order valence-electron chi connectivity index (χ4n) is 2.34. The van der Waals surface area contributed by atoms with E-state index >= 15 is 0 Å². The van der Waals surface area contributed by atoms with Crippen LogP contribution in [0.1, 0.15) is 16.7 Å². The molecule has 0 heterocycles. The summed E-state index contributed by atoms with van der Waals surface area (Å²) in [5.41, 5.74) is 4.07. The highest BCUT2D eigenvalue weighted by molar-refractivity contribution is 5.92. The van der Waals surface area contributed by atoms with Gasteiger partial charge in [0.25, 0.3) is 0 Å². The van der Waals surface area contributed by atoms with Gasteiger partial charge in [-0.2, -0.15) is 0 Å². The zero-order chi connectivity index (χ0) is 16.7. The number of hydrogen-bond acceptors (Lipinski definition) is 2. The van der Waals surface area contributed by atoms with Crippen molar-refractivity contribution in [1.82, 2.24) is 0 Å². The highest BCUT2D eigenvalue weighted by Gasteiger charge is 2.16. The predicted octanol–water partition coefficient (Wildman–Crippen LogP) is 4.92. The first kappa shape index (κ1) is 16.6. The molecule has 2 rings (SSSR count). The van der Waals surface area contributed by atoms with Gasteiger partial charge in [0.05, 0.1) is 12.8 Å². The number of benzene rings is 2. The Balaban J connectivity index is 2.36. The minimum absolute atomic E-state index is 0.391. The Bertz CT molecular complexity index is 719. The summed E-state index contributed by atoms with van der Waals surface area (Å²) in [5, 5.41) is 0. The summed E-state index contributed by atoms with van der Waals surface area (Å²) < 4.78 is 4.87. The number of hydrogen-bond donors (Lipinski definition) is 0. The maximum atomic E-state index is 12.0. The van der Waals surface area contributed by atoms with E-state index < -0.39 is 6.09 Å². The first-order valence-electron chi connectivity index (χ1n) is 7.46. The molecule has 0 saturated carbocycles. The number of anilines is 1. The molecular formula is C20H21NO2. The number of aryl methyl sites for hydroxylation is 1. The lowest BCUT2D eigenvalue weighted by Crippen LogP contribution is -2.31. The summed E-state index contributed by atoms with van der Waals surface area (Å²) in [5.74, 6) is 0. The van der Waals surface area contributed by atoms with Gasteiger partial charge in [0.2, 0.25) is 0 Å². The van der Waals surface area contributed by atoms with E-state index in [1.54, 1.807) is 11.0 Å². The van der Waals surface area contributed by atoms with Gasteiger partial charge in [-0.15, -0.1) is 6.58 Å². The van der Waals surface area contributed by atoms with Gasteiger partial charge in [-0.25, -0.2) is 4.79 Å². The van der Waals surface area contributed by atoms with Crippen molar-refractivity contribution in [2.45, 2.75) is 6.92 Å². The second-order valence-corrected chi connectivity index (χ2v) is 5.18. The lowest BCUT2D eigenvalue weighted by Gasteiger charge is -2.21. The summed E-state index contributed by atoms with van der Waals surface area (Å²) in [7, 11) is 1.38. The number of amides is 1. The summed E-state index contributed by atoms with van der Waals surface area (Å²) in [6, 6.07) is 16.0. The Kier molecular flexibility index (Phi) is 5.75. The molecule has 0 aliphatic heterocycles. The summed E-state index contributed by atoms with van der Waals surface area (Å²) in [6.07, 6.45) is 5.32. The highest BCUT2D eigenvalue weighted by Crippen LogP contribution is 2.23. The van der Waals surface area contributed by atoms with Crippen molar-refractivity contribution in [3.8, 4) is 0 Å². The normalized spacial score (nSPS) is 10.5. The fraction of sp³-hybridized carbons (Fsp3) is 0.150. The Morgan fingerprint density at radius 3 is 2.65 bits per heavy atom. The topological polar surface area (TPSA) is 29.5 Å². The van der Waals surface area contributed by atoms with Crippen molar-refractivity contribution in [3.63, 3.8) is 0 Å². The Morgan fingerprint density at radius 2 is 1.96 bits per heavy atom. The number of rotatable bonds is 5. The molecule has 0 bridgehead atoms. The molecule has 2 aromatic rings. The van der Waals surface area contributed by atoms with Gasteiger partial charge < -0.3 is 4.74 Å². The molecule has 0 N–H and O–H groups in total. The van der Waals surface area contributed by atoms with E-state index in [-0.39, 0.29) is 0 Å². The van der Waals surface area contributed by atoms with Gasteiger partial charge in [-0.05, 0) is 24.1 Å². The van der Waals surface area contributed by atoms with Crippen molar-refractivity contribution in [1.29, 1.82) is 0 Å². The van der Waals surface area contributed by atoms with Crippen LogP contribution in [0.2, 0.25) is 0 Å². The summed E-state index contributed by atoms with van der Waals surface area (Å²) in [6.45, 7) is 6.16. The molecule has 0 aromatic heterocycles. The number of para-hydroxylation sites is 1. The molecular weight excluding hydrogens is 286 g/mol. The molecule has 0 unspecified atom stereocenters. The minimum atomic E-state index is -0.402. The van der Waals surface area contributed by atoms with Gasteiger partial charge in [-0.3, -0.25) is 4.90 Å². The third-order valence-corrected chi connectivity index (χ3v) is 3.43. The SMILES string of the molecule is C=CCN(C(=O)OC)c1ccccc1/C=C/c1cccc(C)c1. The van der Waals surface area contributed by atoms with E-state index in [2.05, 4.69) is 25.6 Å². The van der Waals surface area contributed by atoms with Crippen LogP contribution in [0.25, 0.3) is 12.2 Å². The molecule has 2 aromatic carbocycles. The highest BCUT2D eigenvalue weighted by atomic mass is 16.5. The number of ether oxygens (including phenoxy) is 1. The third kappa shape index (κ3) is 4.33. The number of carbonyl (C=O) groups is 1. The summed E-state index contributed by atoms with van der Waals surface area (Å²) in [4.78, 5) is 13.6. The van der Waals surface area contributed by atoms with Gasteiger partial charge in [-0.1, -0.05) is 66.3 Å². The summed E-state index contributed by atoms with van der Waals surface area (Å²) >= 11 is 0. The average Bonchev–Trinajstić information content (AvgIpc) is 2.58. The average molecular weight is 307 g/mol. The standard InChI is InChI=1S/C20H21NO2/c1-4-14-21(20(22)23-3)19-11-6-5-10-18(19)13-12-17-9-7-8-16(2)15-17/h4-13,15H,1,14H2,2-3H3/b13-12+. The molecule has 23 heavy (non-hydrogen) atoms. The molecule has 0 saturated heterocycles. The van der Waals surface area contributed by atoms with Crippen molar-refractivity contribution in [2.75, 3.05) is 18.6 Å². The molecule has 3 heteroatoms. The molecule has 1 amide bonds. The van der Waals surface area contributed by atoms with Crippen LogP contribution in [-0.4, -0.2) is 19.7 Å². The maximum Gasteiger partial charge on any atom is 0.414 e. The lowest BCUT2D eigenvalue weighted by molar-refractivity contribution is 0.179. The van der Waals surface area contributed by atoms with E-state index in [0.717, 1.165) is 16.8 Å². The van der Waals surface area contributed by atoms with Crippen LogP contribution in [0.15, 0.2) is 61.2 Å². The predicted molar refractivity (Wildman–Crippen MR) is 96.5 cm³/mol. The van der Waals surface area contributed by atoms with Crippen molar-refractivity contribution < 1.29 is 9.53 Å². The van der Waals surface area contributed by atoms with E-state index in [0.29, 0.717) is 6.54 Å². The van der Waals surface area contributed by atoms with E-state index in [4.69, 9.17) is 4.74 Å². The largest absolute Gasteiger partial charge is 0.452 e. The molecule has 3 nitrogen and oxygen atoms in total. The molecule has 0 aliphatic carbocycles. The smallest absolute Gasteiger partial charge is 0.414 e. The maximum absolute atomic E-state index is 12.0. The van der Waals surface area contributed by atoms with Gasteiger partial charge in [0.1, 0.15) is 0 Å². The second-order valence-electron chi connectivity index (χ2n) is 5.18. The zero-order valence-corrected chi connectivity index (χ0v) is 13.5. The van der Waals surface area contributed by atoms with Crippen LogP contribution >= 0.6 is 0 Å². The number of nitrogens with zero attached hydrogens (tertiary/aromatic N) is 1. The molecule has 118 valence electrons. The third-order valence-electron chi connectivity index (χ3n) is 3.43. The van der Waals surface area contributed by atoms with Crippen LogP contribution in [0.3, 0.4) is 0 Å². The van der Waals surface area contributed by atoms with Crippen LogP contribution < -0.4 is 4.90 Å². The van der Waals surface area contributed by atoms with Crippen molar-refractivity contribution in [2.24, 2.45) is 0 Å². The lowest BCUT2D eigenvalue weighted by atomic mass is 10.1. The molecule has 0 atom stereocenters. The van der Waals surface area contributed by atoms with Crippen molar-refractivity contribution >= 4 is 23.9 Å². The zero-order valence-electron chi connectivity index (χ0n) is 13.5. The van der Waals surface area contributed by atoms with Crippen LogP contribution in [0, 0.1) is 6.92 Å². The van der Waals surface area contributed by atoms with E-state index in [9.17, 15) is 4.79 Å². The quantitative estimate of drug-likeness (QED) is 0.579. The van der Waals surface area contributed by atoms with Crippen LogP contribution in [0.5, 0.6) is 0 Å². The fourth-order valence-corrected chi connectivity index (χ4v) is 2.34. The first-order chi connectivity index (χ1) is 11.2. The Hall–Kier alpha value is -2.81. The van der Waals surface area contributed by atoms with E-state index in [1.165, 1.54) is 12.7 Å². The second kappa shape index (κ2) is 7.99. The Labute approximate surface area is 137 Å². The molecule has 0 spiro atoms. The first-order valence-corrected chi connectivity index (χ1v) is 7.46. The van der Waals surface area contributed by atoms with Crippen LogP contribution in [0.4, 0.5) is 10.5 Å². The van der Waals surface area contributed by atoms with Gasteiger partial charge in [0, 0.05) is 6.54 Å².